The first-order valence-corrected chi connectivity index (χ1v) is 6.86. The molecule has 0 fully saturated rings. The fraction of sp³-hybridized carbons (Fsp3) is 0.412. The average Bonchev–Trinajstić information content (AvgIpc) is 2.45. The van der Waals surface area contributed by atoms with Gasteiger partial charge in [0.15, 0.2) is 0 Å². The molecular formula is C17H22O3. The van der Waals surface area contributed by atoms with Gasteiger partial charge in [0.1, 0.15) is 5.78 Å². The molecule has 108 valence electrons. The van der Waals surface area contributed by atoms with E-state index in [0.717, 1.165) is 11.1 Å². The molecule has 0 saturated carbocycles. The Morgan fingerprint density at radius 1 is 1.35 bits per heavy atom. The van der Waals surface area contributed by atoms with Gasteiger partial charge in [0.2, 0.25) is 0 Å². The van der Waals surface area contributed by atoms with Gasteiger partial charge in [-0.05, 0) is 37.3 Å². The van der Waals surface area contributed by atoms with Crippen LogP contribution in [-0.2, 0) is 20.7 Å². The van der Waals surface area contributed by atoms with Crippen molar-refractivity contribution in [3.05, 3.63) is 42.0 Å². The van der Waals surface area contributed by atoms with Crippen LogP contribution in [0.25, 0.3) is 6.08 Å². The third kappa shape index (κ3) is 5.00. The quantitative estimate of drug-likeness (QED) is 0.682. The second-order valence-corrected chi connectivity index (χ2v) is 4.92. The van der Waals surface area contributed by atoms with E-state index in [1.54, 1.807) is 13.0 Å². The Bertz CT molecular complexity index is 477. The maximum atomic E-state index is 11.9. The van der Waals surface area contributed by atoms with Gasteiger partial charge in [-0.25, -0.2) is 0 Å². The van der Waals surface area contributed by atoms with Gasteiger partial charge < -0.3 is 9.53 Å². The molecule has 1 aromatic carbocycles. The van der Waals surface area contributed by atoms with E-state index in [1.807, 2.05) is 24.3 Å². The van der Waals surface area contributed by atoms with E-state index in [-0.39, 0.29) is 17.7 Å². The third-order valence-corrected chi connectivity index (χ3v) is 3.36. The summed E-state index contributed by atoms with van der Waals surface area (Å²) < 4.78 is 4.87. The minimum atomic E-state index is -0.215. The van der Waals surface area contributed by atoms with E-state index in [4.69, 9.17) is 4.74 Å². The lowest BCUT2D eigenvalue weighted by molar-refractivity contribution is -0.145. The van der Waals surface area contributed by atoms with Gasteiger partial charge in [0.05, 0.1) is 13.0 Å². The fourth-order valence-electron chi connectivity index (χ4n) is 2.25. The van der Waals surface area contributed by atoms with Crippen LogP contribution in [-0.4, -0.2) is 18.9 Å². The van der Waals surface area contributed by atoms with Crippen molar-refractivity contribution < 1.29 is 14.3 Å². The van der Waals surface area contributed by atoms with Crippen LogP contribution in [0.2, 0.25) is 0 Å². The van der Waals surface area contributed by atoms with Crippen LogP contribution in [0.5, 0.6) is 0 Å². The molecule has 0 saturated heterocycles. The molecule has 0 N–H and O–H groups in total. The molecule has 3 nitrogen and oxygen atoms in total. The summed E-state index contributed by atoms with van der Waals surface area (Å²) >= 11 is 0. The first kappa shape index (κ1) is 16.2. The normalized spacial score (nSPS) is 11.7. The van der Waals surface area contributed by atoms with Crippen molar-refractivity contribution in [1.29, 1.82) is 0 Å². The maximum absolute atomic E-state index is 11.9. The van der Waals surface area contributed by atoms with Crippen molar-refractivity contribution >= 4 is 17.8 Å². The maximum Gasteiger partial charge on any atom is 0.308 e. The molecule has 0 aliphatic rings. The van der Waals surface area contributed by atoms with Crippen molar-refractivity contribution in [2.75, 3.05) is 7.11 Å². The van der Waals surface area contributed by atoms with Crippen molar-refractivity contribution in [2.24, 2.45) is 5.92 Å². The molecule has 1 aromatic rings. The Hall–Kier alpha value is -1.90. The lowest BCUT2D eigenvalue weighted by atomic mass is 9.91. The monoisotopic (exact) mass is 274 g/mol. The minimum Gasteiger partial charge on any atom is -0.469 e. The molecule has 1 atom stereocenters. The molecule has 1 rings (SSSR count). The molecule has 0 heterocycles. The molecule has 0 aromatic heterocycles. The summed E-state index contributed by atoms with van der Waals surface area (Å²) in [6.45, 7) is 5.36. The van der Waals surface area contributed by atoms with Crippen LogP contribution in [0.3, 0.4) is 0 Å². The number of ether oxygens (including phenoxy) is 1. The number of methoxy groups -OCH3 is 1. The zero-order chi connectivity index (χ0) is 15.0. The Balaban J connectivity index is 2.75. The van der Waals surface area contributed by atoms with Gasteiger partial charge in [-0.2, -0.15) is 0 Å². The summed E-state index contributed by atoms with van der Waals surface area (Å²) in [7, 11) is 1.40. The van der Waals surface area contributed by atoms with Gasteiger partial charge in [0, 0.05) is 6.42 Å². The molecule has 3 heteroatoms. The lowest BCUT2D eigenvalue weighted by Gasteiger charge is -2.15. The number of Topliss-reactive ketones (excluding diaryl/α,β-unsaturated/α-hetero) is 1. The van der Waals surface area contributed by atoms with E-state index in [0.29, 0.717) is 25.7 Å². The number of esters is 1. The van der Waals surface area contributed by atoms with E-state index in [1.165, 1.54) is 7.11 Å². The van der Waals surface area contributed by atoms with Crippen LogP contribution in [0.1, 0.15) is 37.3 Å². The highest BCUT2D eigenvalue weighted by molar-refractivity contribution is 5.76. The Labute approximate surface area is 120 Å². The molecule has 1 unspecified atom stereocenters. The van der Waals surface area contributed by atoms with Gasteiger partial charge >= 0.3 is 5.97 Å². The van der Waals surface area contributed by atoms with Crippen LogP contribution in [0.15, 0.2) is 30.8 Å². The van der Waals surface area contributed by atoms with Gasteiger partial charge in [0.25, 0.3) is 0 Å². The zero-order valence-corrected chi connectivity index (χ0v) is 12.2. The summed E-state index contributed by atoms with van der Waals surface area (Å²) in [5.74, 6) is -0.270. The SMILES string of the molecule is C=Cc1ccccc1CC(CCCC(C)=O)C(=O)OC. The van der Waals surface area contributed by atoms with E-state index < -0.39 is 0 Å². The highest BCUT2D eigenvalue weighted by Crippen LogP contribution is 2.20. The number of hydrogen-bond acceptors (Lipinski definition) is 3. The summed E-state index contributed by atoms with van der Waals surface area (Å²) in [5.41, 5.74) is 2.12. The van der Waals surface area contributed by atoms with Gasteiger partial charge in [-0.1, -0.05) is 36.9 Å². The average molecular weight is 274 g/mol. The van der Waals surface area contributed by atoms with Gasteiger partial charge in [-0.15, -0.1) is 0 Å². The summed E-state index contributed by atoms with van der Waals surface area (Å²) in [5, 5.41) is 0. The standard InChI is InChI=1S/C17H22O3/c1-4-14-9-5-6-10-15(14)12-16(17(19)20-3)11-7-8-13(2)18/h4-6,9-10,16H,1,7-8,11-12H2,2-3H3. The highest BCUT2D eigenvalue weighted by atomic mass is 16.5. The molecule has 0 bridgehead atoms. The number of rotatable bonds is 8. The van der Waals surface area contributed by atoms with Crippen molar-refractivity contribution in [3.63, 3.8) is 0 Å². The smallest absolute Gasteiger partial charge is 0.308 e. The highest BCUT2D eigenvalue weighted by Gasteiger charge is 2.20. The molecule has 0 spiro atoms. The van der Waals surface area contributed by atoms with E-state index in [2.05, 4.69) is 6.58 Å². The second-order valence-electron chi connectivity index (χ2n) is 4.92. The zero-order valence-electron chi connectivity index (χ0n) is 12.2. The summed E-state index contributed by atoms with van der Waals surface area (Å²) in [4.78, 5) is 22.9. The number of ketones is 1. The van der Waals surface area contributed by atoms with Crippen LogP contribution < -0.4 is 0 Å². The van der Waals surface area contributed by atoms with Crippen molar-refractivity contribution in [2.45, 2.75) is 32.6 Å². The number of benzene rings is 1. The van der Waals surface area contributed by atoms with Crippen LogP contribution in [0.4, 0.5) is 0 Å². The Morgan fingerprint density at radius 3 is 2.65 bits per heavy atom. The first-order chi connectivity index (χ1) is 9.58. The molecule has 0 amide bonds. The molecule has 0 aliphatic heterocycles. The lowest BCUT2D eigenvalue weighted by Crippen LogP contribution is -2.19. The summed E-state index contributed by atoms with van der Waals surface area (Å²) in [6, 6.07) is 7.87. The predicted octanol–water partition coefficient (Wildman–Crippen LogP) is 3.42. The van der Waals surface area contributed by atoms with Crippen molar-refractivity contribution in [1.82, 2.24) is 0 Å². The molecular weight excluding hydrogens is 252 g/mol. The fourth-order valence-corrected chi connectivity index (χ4v) is 2.25. The Morgan fingerprint density at radius 2 is 2.05 bits per heavy atom. The van der Waals surface area contributed by atoms with Gasteiger partial charge in [-0.3, -0.25) is 4.79 Å². The molecule has 0 aliphatic carbocycles. The van der Waals surface area contributed by atoms with Crippen LogP contribution >= 0.6 is 0 Å². The number of carbonyl (C=O) groups excluding carboxylic acids is 2. The third-order valence-electron chi connectivity index (χ3n) is 3.36. The predicted molar refractivity (Wildman–Crippen MR) is 80.3 cm³/mol. The van der Waals surface area contributed by atoms with Crippen molar-refractivity contribution in [3.8, 4) is 0 Å². The molecule has 20 heavy (non-hydrogen) atoms. The number of carbonyl (C=O) groups is 2. The van der Waals surface area contributed by atoms with E-state index in [9.17, 15) is 9.59 Å². The largest absolute Gasteiger partial charge is 0.469 e. The minimum absolute atomic E-state index is 0.153. The topological polar surface area (TPSA) is 43.4 Å². The number of hydrogen-bond donors (Lipinski definition) is 0. The van der Waals surface area contributed by atoms with Crippen LogP contribution in [0, 0.1) is 5.92 Å². The summed E-state index contributed by atoms with van der Waals surface area (Å²) in [6.07, 6.45) is 4.30. The first-order valence-electron chi connectivity index (χ1n) is 6.86. The second kappa shape index (κ2) is 8.31. The molecule has 0 radical (unpaired) electrons. The Kier molecular flexibility index (Phi) is 6.71. The van der Waals surface area contributed by atoms with E-state index >= 15 is 0 Å².